The Balaban J connectivity index is 1.63. The van der Waals surface area contributed by atoms with Crippen molar-refractivity contribution in [3.8, 4) is 6.07 Å². The van der Waals surface area contributed by atoms with Crippen molar-refractivity contribution >= 4 is 35.2 Å². The standard InChI is InChI=1S/C21H14ClN3O2/c22-13-5-7-14(8-6-13)25-20(26)17-16(11-23)24-10-9-12-3-1-2-4-15(12)19(24)18(17)21(25)27/h1-10,16-19H/t16-,17+,18+,19+/m1/s1. The molecule has 0 radical (unpaired) electrons. The zero-order valence-electron chi connectivity index (χ0n) is 14.1. The van der Waals surface area contributed by atoms with Gasteiger partial charge < -0.3 is 4.90 Å². The lowest BCUT2D eigenvalue weighted by molar-refractivity contribution is -0.123. The first kappa shape index (κ1) is 16.1. The summed E-state index contributed by atoms with van der Waals surface area (Å²) < 4.78 is 0. The van der Waals surface area contributed by atoms with Crippen LogP contribution in [0.3, 0.4) is 0 Å². The van der Waals surface area contributed by atoms with E-state index in [-0.39, 0.29) is 17.9 Å². The molecule has 0 aliphatic carbocycles. The third-order valence-corrected chi connectivity index (χ3v) is 5.93. The Morgan fingerprint density at radius 2 is 1.67 bits per heavy atom. The number of rotatable bonds is 1. The van der Waals surface area contributed by atoms with Crippen LogP contribution in [0.1, 0.15) is 17.2 Å². The maximum atomic E-state index is 13.3. The zero-order chi connectivity index (χ0) is 18.7. The van der Waals surface area contributed by atoms with E-state index in [1.165, 1.54) is 4.90 Å². The van der Waals surface area contributed by atoms with E-state index in [0.717, 1.165) is 11.1 Å². The van der Waals surface area contributed by atoms with E-state index in [9.17, 15) is 14.9 Å². The lowest BCUT2D eigenvalue weighted by Gasteiger charge is -2.33. The average Bonchev–Trinajstić information content (AvgIpc) is 3.15. The molecule has 3 heterocycles. The van der Waals surface area contributed by atoms with Gasteiger partial charge in [0.15, 0.2) is 0 Å². The van der Waals surface area contributed by atoms with E-state index in [4.69, 9.17) is 11.6 Å². The van der Waals surface area contributed by atoms with Crippen molar-refractivity contribution in [2.24, 2.45) is 11.8 Å². The van der Waals surface area contributed by atoms with Gasteiger partial charge >= 0.3 is 0 Å². The van der Waals surface area contributed by atoms with Crippen molar-refractivity contribution in [3.05, 3.63) is 70.9 Å². The largest absolute Gasteiger partial charge is 0.353 e. The van der Waals surface area contributed by atoms with E-state index in [1.54, 1.807) is 24.3 Å². The van der Waals surface area contributed by atoms with Crippen LogP contribution < -0.4 is 4.90 Å². The van der Waals surface area contributed by atoms with Gasteiger partial charge in [-0.15, -0.1) is 0 Å². The highest BCUT2D eigenvalue weighted by atomic mass is 35.5. The molecule has 0 bridgehead atoms. The molecule has 2 amide bonds. The van der Waals surface area contributed by atoms with Crippen LogP contribution in [0.25, 0.3) is 6.08 Å². The van der Waals surface area contributed by atoms with Crippen molar-refractivity contribution in [1.82, 2.24) is 4.90 Å². The fraction of sp³-hybridized carbons (Fsp3) is 0.190. The molecule has 0 unspecified atom stereocenters. The number of halogens is 1. The van der Waals surface area contributed by atoms with Gasteiger partial charge in [0.05, 0.1) is 29.6 Å². The van der Waals surface area contributed by atoms with Crippen LogP contribution in [0.4, 0.5) is 5.69 Å². The van der Waals surface area contributed by atoms with Gasteiger partial charge in [-0.25, -0.2) is 4.90 Å². The Labute approximate surface area is 161 Å². The molecule has 0 saturated carbocycles. The van der Waals surface area contributed by atoms with Gasteiger partial charge in [0.25, 0.3) is 0 Å². The third-order valence-electron chi connectivity index (χ3n) is 5.68. The van der Waals surface area contributed by atoms with Crippen LogP contribution >= 0.6 is 11.6 Å². The van der Waals surface area contributed by atoms with Crippen LogP contribution in [0, 0.1) is 23.2 Å². The van der Waals surface area contributed by atoms with Gasteiger partial charge in [0, 0.05) is 11.2 Å². The zero-order valence-corrected chi connectivity index (χ0v) is 14.9. The smallest absolute Gasteiger partial charge is 0.240 e. The molecular weight excluding hydrogens is 362 g/mol. The Morgan fingerprint density at radius 1 is 0.963 bits per heavy atom. The molecule has 0 spiro atoms. The molecule has 4 atom stereocenters. The van der Waals surface area contributed by atoms with Gasteiger partial charge in [-0.2, -0.15) is 5.26 Å². The first-order chi connectivity index (χ1) is 13.1. The van der Waals surface area contributed by atoms with Crippen LogP contribution in [0.15, 0.2) is 54.7 Å². The number of imide groups is 1. The van der Waals surface area contributed by atoms with E-state index in [1.807, 2.05) is 41.4 Å². The van der Waals surface area contributed by atoms with Crippen molar-refractivity contribution in [3.63, 3.8) is 0 Å². The van der Waals surface area contributed by atoms with Crippen molar-refractivity contribution in [2.75, 3.05) is 4.90 Å². The van der Waals surface area contributed by atoms with Crippen molar-refractivity contribution < 1.29 is 9.59 Å². The van der Waals surface area contributed by atoms with Crippen LogP contribution in [-0.4, -0.2) is 22.8 Å². The Morgan fingerprint density at radius 3 is 2.41 bits per heavy atom. The molecule has 2 saturated heterocycles. The van der Waals surface area contributed by atoms with Gasteiger partial charge in [0.1, 0.15) is 6.04 Å². The quantitative estimate of drug-likeness (QED) is 0.717. The lowest BCUT2D eigenvalue weighted by atomic mass is 9.85. The number of carbonyl (C=O) groups is 2. The summed E-state index contributed by atoms with van der Waals surface area (Å²) in [7, 11) is 0. The molecule has 0 N–H and O–H groups in total. The number of nitrogens with zero attached hydrogens (tertiary/aromatic N) is 3. The second-order valence-corrected chi connectivity index (χ2v) is 7.39. The molecular formula is C21H14ClN3O2. The summed E-state index contributed by atoms with van der Waals surface area (Å²) in [4.78, 5) is 29.6. The molecule has 5 nitrogen and oxygen atoms in total. The topological polar surface area (TPSA) is 64.4 Å². The number of hydrogen-bond donors (Lipinski definition) is 0. The average molecular weight is 376 g/mol. The van der Waals surface area contributed by atoms with E-state index in [2.05, 4.69) is 6.07 Å². The summed E-state index contributed by atoms with van der Waals surface area (Å²) in [5, 5.41) is 10.3. The molecule has 6 heteroatoms. The summed E-state index contributed by atoms with van der Waals surface area (Å²) in [5.41, 5.74) is 2.49. The molecule has 2 fully saturated rings. The number of anilines is 1. The van der Waals surface area contributed by atoms with Crippen molar-refractivity contribution in [1.29, 1.82) is 5.26 Å². The van der Waals surface area contributed by atoms with E-state index < -0.39 is 17.9 Å². The maximum Gasteiger partial charge on any atom is 0.240 e. The SMILES string of the molecule is N#C[C@@H]1[C@@H]2C(=O)N(c3ccc(Cl)cc3)C(=O)[C@@H]2[C@@H]2c3ccccc3C=CN12. The summed E-state index contributed by atoms with van der Waals surface area (Å²) in [5.74, 6) is -1.84. The third kappa shape index (κ3) is 2.11. The molecule has 3 aliphatic rings. The number of fused-ring (bicyclic) bond motifs is 5. The maximum absolute atomic E-state index is 13.3. The summed E-state index contributed by atoms with van der Waals surface area (Å²) in [6.07, 6.45) is 3.77. The number of carbonyl (C=O) groups excluding carboxylic acids is 2. The van der Waals surface area contributed by atoms with E-state index in [0.29, 0.717) is 10.7 Å². The second kappa shape index (κ2) is 5.70. The predicted octanol–water partition coefficient (Wildman–Crippen LogP) is 3.38. The minimum atomic E-state index is -0.681. The number of benzene rings is 2. The molecule has 2 aromatic carbocycles. The van der Waals surface area contributed by atoms with Crippen LogP contribution in [0.2, 0.25) is 5.02 Å². The highest BCUT2D eigenvalue weighted by molar-refractivity contribution is 6.31. The van der Waals surface area contributed by atoms with E-state index >= 15 is 0 Å². The fourth-order valence-corrected chi connectivity index (χ4v) is 4.68. The fourth-order valence-electron chi connectivity index (χ4n) is 4.55. The summed E-state index contributed by atoms with van der Waals surface area (Å²) in [6, 6.07) is 15.7. The first-order valence-electron chi connectivity index (χ1n) is 8.69. The summed E-state index contributed by atoms with van der Waals surface area (Å²) >= 11 is 5.93. The lowest BCUT2D eigenvalue weighted by Crippen LogP contribution is -2.40. The normalized spacial score (nSPS) is 28.0. The highest BCUT2D eigenvalue weighted by Gasteiger charge is 2.63. The summed E-state index contributed by atoms with van der Waals surface area (Å²) in [6.45, 7) is 0. The van der Waals surface area contributed by atoms with Gasteiger partial charge in [-0.1, -0.05) is 35.9 Å². The number of hydrogen-bond acceptors (Lipinski definition) is 4. The van der Waals surface area contributed by atoms with Crippen LogP contribution in [-0.2, 0) is 9.59 Å². The molecule has 132 valence electrons. The molecule has 5 rings (SSSR count). The molecule has 2 aromatic rings. The minimum Gasteiger partial charge on any atom is -0.353 e. The Hall–Kier alpha value is -3.10. The molecule has 0 aromatic heterocycles. The minimum absolute atomic E-state index is 0.259. The Kier molecular flexibility index (Phi) is 3.40. The number of amides is 2. The monoisotopic (exact) mass is 375 g/mol. The van der Waals surface area contributed by atoms with Crippen molar-refractivity contribution in [2.45, 2.75) is 12.1 Å². The van der Waals surface area contributed by atoms with Gasteiger partial charge in [-0.3, -0.25) is 9.59 Å². The number of nitriles is 1. The first-order valence-corrected chi connectivity index (χ1v) is 9.07. The predicted molar refractivity (Wildman–Crippen MR) is 100 cm³/mol. The van der Waals surface area contributed by atoms with Gasteiger partial charge in [-0.05, 0) is 41.5 Å². The second-order valence-electron chi connectivity index (χ2n) is 6.95. The van der Waals surface area contributed by atoms with Crippen LogP contribution in [0.5, 0.6) is 0 Å². The Bertz CT molecular complexity index is 1040. The molecule has 27 heavy (non-hydrogen) atoms. The van der Waals surface area contributed by atoms with Gasteiger partial charge in [0.2, 0.25) is 11.8 Å². The molecule has 3 aliphatic heterocycles. The highest BCUT2D eigenvalue weighted by Crippen LogP contribution is 2.52.